The summed E-state index contributed by atoms with van der Waals surface area (Å²) in [5.41, 5.74) is 1.13. The predicted molar refractivity (Wildman–Crippen MR) is 84.6 cm³/mol. The van der Waals surface area contributed by atoms with Crippen LogP contribution in [0.25, 0.3) is 5.65 Å². The van der Waals surface area contributed by atoms with Gasteiger partial charge >= 0.3 is 5.97 Å². The molecular weight excluding hydrogens is 388 g/mol. The van der Waals surface area contributed by atoms with E-state index in [9.17, 15) is 14.3 Å². The number of hydrogen-bond acceptors (Lipinski definition) is 3. The molecule has 3 rings (SSSR count). The number of carboxylic acids is 1. The zero-order chi connectivity index (χ0) is 15.0. The van der Waals surface area contributed by atoms with Crippen LogP contribution >= 0.6 is 22.6 Å². The van der Waals surface area contributed by atoms with E-state index >= 15 is 0 Å². The summed E-state index contributed by atoms with van der Waals surface area (Å²) < 4.78 is 16.2. The normalized spacial score (nSPS) is 10.8. The summed E-state index contributed by atoms with van der Waals surface area (Å²) in [7, 11) is 0. The quantitative estimate of drug-likeness (QED) is 0.664. The van der Waals surface area contributed by atoms with E-state index in [1.54, 1.807) is 35.0 Å². The third-order valence-corrected chi connectivity index (χ3v) is 3.63. The Labute approximate surface area is 132 Å². The Morgan fingerprint density at radius 2 is 2.14 bits per heavy atom. The summed E-state index contributed by atoms with van der Waals surface area (Å²) in [5, 5.41) is 12.1. The number of carboxylic acid groups (broad SMARTS) is 1. The Hall–Kier alpha value is -2.16. The largest absolute Gasteiger partial charge is 0.478 e. The highest BCUT2D eigenvalue weighted by Gasteiger charge is 2.14. The number of halogens is 2. The standard InChI is InChI=1S/C14H9FIN3O2/c15-10-5-8(16)1-2-11(10)18-12-6-13-17-3-4-19(13)7-9(12)14(20)21/h1-7,18H,(H,20,21). The maximum Gasteiger partial charge on any atom is 0.339 e. The van der Waals surface area contributed by atoms with Gasteiger partial charge < -0.3 is 14.8 Å². The fourth-order valence-corrected chi connectivity index (χ4v) is 2.42. The van der Waals surface area contributed by atoms with Crippen molar-refractivity contribution in [2.45, 2.75) is 0 Å². The molecule has 0 aliphatic rings. The fraction of sp³-hybridized carbons (Fsp3) is 0. The molecule has 0 spiro atoms. The smallest absolute Gasteiger partial charge is 0.339 e. The molecule has 2 heterocycles. The number of benzene rings is 1. The van der Waals surface area contributed by atoms with E-state index in [-0.39, 0.29) is 11.3 Å². The number of rotatable bonds is 3. The fourth-order valence-electron chi connectivity index (χ4n) is 1.97. The molecule has 7 heteroatoms. The molecular formula is C14H9FIN3O2. The molecule has 0 unspecified atom stereocenters. The highest BCUT2D eigenvalue weighted by atomic mass is 127. The van der Waals surface area contributed by atoms with Crippen LogP contribution in [0.1, 0.15) is 10.4 Å². The van der Waals surface area contributed by atoms with E-state index in [1.165, 1.54) is 12.3 Å². The second kappa shape index (κ2) is 5.32. The van der Waals surface area contributed by atoms with E-state index in [1.807, 2.05) is 22.6 Å². The van der Waals surface area contributed by atoms with Crippen LogP contribution in [0, 0.1) is 9.39 Å². The van der Waals surface area contributed by atoms with Crippen LogP contribution in [0.15, 0.2) is 42.9 Å². The van der Waals surface area contributed by atoms with E-state index < -0.39 is 11.8 Å². The molecule has 21 heavy (non-hydrogen) atoms. The molecule has 1 aromatic carbocycles. The van der Waals surface area contributed by atoms with Crippen LogP contribution in [-0.2, 0) is 0 Å². The summed E-state index contributed by atoms with van der Waals surface area (Å²) >= 11 is 2.01. The molecule has 0 saturated heterocycles. The SMILES string of the molecule is O=C(O)c1cn2ccnc2cc1Nc1ccc(I)cc1F. The van der Waals surface area contributed by atoms with Crippen LogP contribution in [-0.4, -0.2) is 20.5 Å². The number of aromatic nitrogens is 2. The van der Waals surface area contributed by atoms with Gasteiger partial charge in [-0.25, -0.2) is 14.2 Å². The molecule has 2 N–H and O–H groups in total. The average Bonchev–Trinajstić information content (AvgIpc) is 2.88. The van der Waals surface area contributed by atoms with Crippen molar-refractivity contribution in [3.63, 3.8) is 0 Å². The van der Waals surface area contributed by atoms with E-state index in [0.29, 0.717) is 11.3 Å². The Bertz CT molecular complexity index is 847. The van der Waals surface area contributed by atoms with Crippen molar-refractivity contribution in [1.82, 2.24) is 9.38 Å². The number of aromatic carboxylic acids is 1. The van der Waals surface area contributed by atoms with Crippen LogP contribution in [0.4, 0.5) is 15.8 Å². The molecule has 5 nitrogen and oxygen atoms in total. The van der Waals surface area contributed by atoms with Crippen molar-refractivity contribution in [1.29, 1.82) is 0 Å². The summed E-state index contributed by atoms with van der Waals surface area (Å²) in [4.78, 5) is 15.4. The second-order valence-corrected chi connectivity index (χ2v) is 5.59. The van der Waals surface area contributed by atoms with Crippen molar-refractivity contribution in [2.75, 3.05) is 5.32 Å². The van der Waals surface area contributed by atoms with Crippen LogP contribution < -0.4 is 5.32 Å². The lowest BCUT2D eigenvalue weighted by Gasteiger charge is -2.11. The number of nitrogens with one attached hydrogen (secondary N) is 1. The number of fused-ring (bicyclic) bond motifs is 1. The van der Waals surface area contributed by atoms with Gasteiger partial charge in [-0.2, -0.15) is 0 Å². The number of anilines is 2. The van der Waals surface area contributed by atoms with E-state index in [2.05, 4.69) is 10.3 Å². The molecule has 0 aliphatic heterocycles. The van der Waals surface area contributed by atoms with Gasteiger partial charge in [0.05, 0.1) is 16.9 Å². The Morgan fingerprint density at radius 1 is 1.33 bits per heavy atom. The topological polar surface area (TPSA) is 66.6 Å². The minimum Gasteiger partial charge on any atom is -0.478 e. The van der Waals surface area contributed by atoms with Crippen molar-refractivity contribution in [2.24, 2.45) is 0 Å². The highest BCUT2D eigenvalue weighted by molar-refractivity contribution is 14.1. The third kappa shape index (κ3) is 2.68. The molecule has 3 aromatic rings. The maximum absolute atomic E-state index is 13.9. The van der Waals surface area contributed by atoms with Gasteiger partial charge in [-0.15, -0.1) is 0 Å². The molecule has 0 saturated carbocycles. The van der Waals surface area contributed by atoms with Gasteiger partial charge in [0.2, 0.25) is 0 Å². The molecule has 0 bridgehead atoms. The van der Waals surface area contributed by atoms with Crippen molar-refractivity contribution < 1.29 is 14.3 Å². The lowest BCUT2D eigenvalue weighted by atomic mass is 10.2. The summed E-state index contributed by atoms with van der Waals surface area (Å²) in [6.07, 6.45) is 4.66. The van der Waals surface area contributed by atoms with Crippen molar-refractivity contribution >= 4 is 45.6 Å². The zero-order valence-electron chi connectivity index (χ0n) is 10.5. The minimum atomic E-state index is -1.10. The average molecular weight is 397 g/mol. The van der Waals surface area contributed by atoms with Crippen LogP contribution in [0.2, 0.25) is 0 Å². The number of imidazole rings is 1. The number of carbonyl (C=O) groups is 1. The van der Waals surface area contributed by atoms with Gasteiger partial charge in [0, 0.05) is 28.2 Å². The number of nitrogens with zero attached hydrogens (tertiary/aromatic N) is 2. The van der Waals surface area contributed by atoms with Crippen molar-refractivity contribution in [3.8, 4) is 0 Å². The van der Waals surface area contributed by atoms with Gasteiger partial charge in [-0.3, -0.25) is 0 Å². The van der Waals surface area contributed by atoms with Crippen LogP contribution in [0.3, 0.4) is 0 Å². The second-order valence-electron chi connectivity index (χ2n) is 4.35. The van der Waals surface area contributed by atoms with E-state index in [0.717, 1.165) is 3.57 Å². The highest BCUT2D eigenvalue weighted by Crippen LogP contribution is 2.25. The van der Waals surface area contributed by atoms with Gasteiger partial charge in [0.15, 0.2) is 0 Å². The van der Waals surface area contributed by atoms with Gasteiger partial charge in [-0.1, -0.05) is 0 Å². The molecule has 0 atom stereocenters. The van der Waals surface area contributed by atoms with Gasteiger partial charge in [0.1, 0.15) is 11.5 Å². The molecule has 0 amide bonds. The Balaban J connectivity index is 2.09. The Morgan fingerprint density at radius 3 is 2.86 bits per heavy atom. The van der Waals surface area contributed by atoms with Gasteiger partial charge in [0.25, 0.3) is 0 Å². The molecule has 0 fully saturated rings. The first-order chi connectivity index (χ1) is 10.0. The number of hydrogen-bond donors (Lipinski definition) is 2. The lowest BCUT2D eigenvalue weighted by molar-refractivity contribution is 0.0697. The number of pyridine rings is 1. The first kappa shape index (κ1) is 13.8. The third-order valence-electron chi connectivity index (χ3n) is 2.96. The maximum atomic E-state index is 13.9. The minimum absolute atomic E-state index is 0.0402. The predicted octanol–water partition coefficient (Wildman–Crippen LogP) is 3.52. The first-order valence-corrected chi connectivity index (χ1v) is 7.04. The molecule has 0 aliphatic carbocycles. The molecule has 106 valence electrons. The van der Waals surface area contributed by atoms with Crippen molar-refractivity contribution in [3.05, 3.63) is 57.8 Å². The molecule has 2 aromatic heterocycles. The zero-order valence-corrected chi connectivity index (χ0v) is 12.7. The van der Waals surface area contributed by atoms with E-state index in [4.69, 9.17) is 0 Å². The van der Waals surface area contributed by atoms with Gasteiger partial charge in [-0.05, 0) is 40.8 Å². The molecule has 0 radical (unpaired) electrons. The summed E-state index contributed by atoms with van der Waals surface area (Å²) in [5.74, 6) is -1.54. The lowest BCUT2D eigenvalue weighted by Crippen LogP contribution is -2.06. The van der Waals surface area contributed by atoms with Crippen LogP contribution in [0.5, 0.6) is 0 Å². The monoisotopic (exact) mass is 397 g/mol. The Kier molecular flexibility index (Phi) is 3.50. The first-order valence-electron chi connectivity index (χ1n) is 5.96. The summed E-state index contributed by atoms with van der Waals surface area (Å²) in [6.45, 7) is 0. The summed E-state index contributed by atoms with van der Waals surface area (Å²) in [6, 6.07) is 6.25.